The lowest BCUT2D eigenvalue weighted by Crippen LogP contribution is -1.76. The van der Waals surface area contributed by atoms with Crippen molar-refractivity contribution in [3.05, 3.63) is 11.0 Å². The summed E-state index contributed by atoms with van der Waals surface area (Å²) in [7, 11) is 0. The van der Waals surface area contributed by atoms with Crippen molar-refractivity contribution < 1.29 is 0 Å². The molecule has 7 heavy (non-hydrogen) atoms. The van der Waals surface area contributed by atoms with Gasteiger partial charge in [0.05, 0.1) is 3.26 Å². The standard InChI is InChI=1S/C5H7IS/c1-4-2-3-5(6)7-4/h2,5H,3H2,1H3/t5-/m0/s1. The number of rotatable bonds is 0. The van der Waals surface area contributed by atoms with E-state index in [2.05, 4.69) is 35.6 Å². The van der Waals surface area contributed by atoms with Crippen molar-refractivity contribution in [1.82, 2.24) is 0 Å². The van der Waals surface area contributed by atoms with Gasteiger partial charge in [0.25, 0.3) is 0 Å². The quantitative estimate of drug-likeness (QED) is 0.452. The van der Waals surface area contributed by atoms with Gasteiger partial charge in [-0.25, -0.2) is 0 Å². The lowest BCUT2D eigenvalue weighted by Gasteiger charge is -1.92. The van der Waals surface area contributed by atoms with Crippen LogP contribution in [0.15, 0.2) is 11.0 Å². The Morgan fingerprint density at radius 1 is 2.00 bits per heavy atom. The molecule has 0 aromatic carbocycles. The lowest BCUT2D eigenvalue weighted by atomic mass is 10.4. The molecule has 1 aliphatic rings. The lowest BCUT2D eigenvalue weighted by molar-refractivity contribution is 1.24. The maximum Gasteiger partial charge on any atom is 0.0642 e. The molecule has 0 saturated carbocycles. The van der Waals surface area contributed by atoms with Crippen LogP contribution in [0.1, 0.15) is 13.3 Å². The molecule has 1 heterocycles. The Labute approximate surface area is 61.9 Å². The summed E-state index contributed by atoms with van der Waals surface area (Å²) in [6, 6.07) is 0. The first-order chi connectivity index (χ1) is 3.29. The predicted molar refractivity (Wildman–Crippen MR) is 43.8 cm³/mol. The van der Waals surface area contributed by atoms with E-state index in [1.54, 1.807) is 0 Å². The highest BCUT2D eigenvalue weighted by Crippen LogP contribution is 2.35. The van der Waals surface area contributed by atoms with Gasteiger partial charge in [0.1, 0.15) is 0 Å². The summed E-state index contributed by atoms with van der Waals surface area (Å²) < 4.78 is 0.817. The first-order valence-electron chi connectivity index (χ1n) is 2.26. The normalized spacial score (nSPS) is 30.6. The molecule has 0 saturated heterocycles. The molecule has 0 nitrogen and oxygen atoms in total. The minimum atomic E-state index is 0.817. The molecular formula is C5H7IS. The van der Waals surface area contributed by atoms with Crippen LogP contribution in [0, 0.1) is 0 Å². The SMILES string of the molecule is CC1=CC[C@@H](I)S1. The zero-order valence-corrected chi connectivity index (χ0v) is 7.12. The van der Waals surface area contributed by atoms with E-state index in [0.717, 1.165) is 3.26 Å². The Hall–Kier alpha value is 0.820. The third-order valence-corrected chi connectivity index (χ3v) is 3.16. The van der Waals surface area contributed by atoms with Crippen LogP contribution in [0.5, 0.6) is 0 Å². The van der Waals surface area contributed by atoms with Crippen molar-refractivity contribution >= 4 is 34.4 Å². The number of alkyl halides is 1. The molecule has 0 N–H and O–H groups in total. The molecular weight excluding hydrogens is 219 g/mol. The fraction of sp³-hybridized carbons (Fsp3) is 0.600. The summed E-state index contributed by atoms with van der Waals surface area (Å²) in [6.07, 6.45) is 3.55. The molecule has 0 fully saturated rings. The maximum absolute atomic E-state index is 2.46. The Balaban J connectivity index is 2.42. The monoisotopic (exact) mass is 226 g/mol. The highest BCUT2D eigenvalue weighted by atomic mass is 127. The summed E-state index contributed by atoms with van der Waals surface area (Å²) >= 11 is 4.43. The van der Waals surface area contributed by atoms with Crippen LogP contribution in [0.2, 0.25) is 0 Å². The third-order valence-electron chi connectivity index (χ3n) is 0.904. The second-order valence-electron chi connectivity index (χ2n) is 1.58. The smallest absolute Gasteiger partial charge is 0.0642 e. The molecule has 0 aromatic heterocycles. The topological polar surface area (TPSA) is 0 Å². The second-order valence-corrected chi connectivity index (χ2v) is 5.38. The molecule has 2 heteroatoms. The molecule has 0 radical (unpaired) electrons. The minimum Gasteiger partial charge on any atom is -0.117 e. The summed E-state index contributed by atoms with van der Waals surface area (Å²) in [5, 5.41) is 0. The summed E-state index contributed by atoms with van der Waals surface area (Å²) in [4.78, 5) is 1.49. The van der Waals surface area contributed by atoms with Crippen LogP contribution < -0.4 is 0 Å². The minimum absolute atomic E-state index is 0.817. The van der Waals surface area contributed by atoms with Gasteiger partial charge in [0.15, 0.2) is 0 Å². The van der Waals surface area contributed by atoms with Crippen molar-refractivity contribution in [3.8, 4) is 0 Å². The van der Waals surface area contributed by atoms with E-state index in [1.807, 2.05) is 11.8 Å². The molecule has 0 spiro atoms. The van der Waals surface area contributed by atoms with Crippen molar-refractivity contribution in [2.24, 2.45) is 0 Å². The zero-order chi connectivity index (χ0) is 5.28. The predicted octanol–water partition coefficient (Wildman–Crippen LogP) is 2.79. The number of hydrogen-bond acceptors (Lipinski definition) is 1. The molecule has 1 rings (SSSR count). The average Bonchev–Trinajstić information content (AvgIpc) is 1.87. The highest BCUT2D eigenvalue weighted by molar-refractivity contribution is 14.1. The molecule has 0 aliphatic carbocycles. The molecule has 0 unspecified atom stereocenters. The van der Waals surface area contributed by atoms with E-state index in [9.17, 15) is 0 Å². The van der Waals surface area contributed by atoms with Gasteiger partial charge in [-0.2, -0.15) is 0 Å². The van der Waals surface area contributed by atoms with Gasteiger partial charge in [-0.15, -0.1) is 11.8 Å². The fourth-order valence-electron chi connectivity index (χ4n) is 0.557. The van der Waals surface area contributed by atoms with E-state index in [4.69, 9.17) is 0 Å². The van der Waals surface area contributed by atoms with Gasteiger partial charge in [-0.1, -0.05) is 28.7 Å². The Morgan fingerprint density at radius 3 is 2.86 bits per heavy atom. The van der Waals surface area contributed by atoms with Crippen molar-refractivity contribution in [1.29, 1.82) is 0 Å². The third kappa shape index (κ3) is 1.64. The molecule has 40 valence electrons. The van der Waals surface area contributed by atoms with Crippen LogP contribution in [-0.4, -0.2) is 3.26 Å². The van der Waals surface area contributed by atoms with Gasteiger partial charge < -0.3 is 0 Å². The Kier molecular flexibility index (Phi) is 2.04. The number of halogens is 1. The molecule has 0 aromatic rings. The largest absolute Gasteiger partial charge is 0.117 e. The van der Waals surface area contributed by atoms with Crippen molar-refractivity contribution in [2.45, 2.75) is 16.6 Å². The molecule has 1 aliphatic heterocycles. The first kappa shape index (κ1) is 5.95. The van der Waals surface area contributed by atoms with Crippen LogP contribution in [0.25, 0.3) is 0 Å². The van der Waals surface area contributed by atoms with Gasteiger partial charge in [-0.05, 0) is 18.2 Å². The van der Waals surface area contributed by atoms with E-state index >= 15 is 0 Å². The maximum atomic E-state index is 2.46. The molecule has 1 atom stereocenters. The van der Waals surface area contributed by atoms with E-state index in [1.165, 1.54) is 11.3 Å². The van der Waals surface area contributed by atoms with Crippen LogP contribution >= 0.6 is 34.4 Å². The van der Waals surface area contributed by atoms with Crippen LogP contribution in [-0.2, 0) is 0 Å². The number of allylic oxidation sites excluding steroid dienone is 2. The Bertz CT molecular complexity index is 98.3. The van der Waals surface area contributed by atoms with E-state index in [0.29, 0.717) is 0 Å². The Morgan fingerprint density at radius 2 is 2.71 bits per heavy atom. The van der Waals surface area contributed by atoms with Gasteiger partial charge in [0, 0.05) is 0 Å². The average molecular weight is 226 g/mol. The van der Waals surface area contributed by atoms with Gasteiger partial charge >= 0.3 is 0 Å². The molecule has 0 amide bonds. The van der Waals surface area contributed by atoms with Crippen LogP contribution in [0.4, 0.5) is 0 Å². The van der Waals surface area contributed by atoms with Gasteiger partial charge in [-0.3, -0.25) is 0 Å². The summed E-state index contributed by atoms with van der Waals surface area (Å²) in [5.41, 5.74) is 0. The second kappa shape index (κ2) is 2.40. The number of hydrogen-bond donors (Lipinski definition) is 0. The summed E-state index contributed by atoms with van der Waals surface area (Å²) in [5.74, 6) is 0. The van der Waals surface area contributed by atoms with E-state index < -0.39 is 0 Å². The van der Waals surface area contributed by atoms with Crippen molar-refractivity contribution in [3.63, 3.8) is 0 Å². The fourth-order valence-corrected chi connectivity index (χ4v) is 2.80. The van der Waals surface area contributed by atoms with Crippen molar-refractivity contribution in [2.75, 3.05) is 0 Å². The molecule has 0 bridgehead atoms. The number of thioether (sulfide) groups is 1. The summed E-state index contributed by atoms with van der Waals surface area (Å²) in [6.45, 7) is 2.17. The van der Waals surface area contributed by atoms with E-state index in [-0.39, 0.29) is 0 Å². The highest BCUT2D eigenvalue weighted by Gasteiger charge is 2.09. The van der Waals surface area contributed by atoms with Crippen LogP contribution in [0.3, 0.4) is 0 Å². The zero-order valence-electron chi connectivity index (χ0n) is 4.15. The first-order valence-corrected chi connectivity index (χ1v) is 4.39. The van der Waals surface area contributed by atoms with Gasteiger partial charge in [0.2, 0.25) is 0 Å².